The summed E-state index contributed by atoms with van der Waals surface area (Å²) in [6, 6.07) is 6.73. The quantitative estimate of drug-likeness (QED) is 0.925. The van der Waals surface area contributed by atoms with E-state index in [4.69, 9.17) is 0 Å². The highest BCUT2D eigenvalue weighted by molar-refractivity contribution is 9.10. The van der Waals surface area contributed by atoms with Gasteiger partial charge in [-0.1, -0.05) is 12.1 Å². The summed E-state index contributed by atoms with van der Waals surface area (Å²) in [5, 5.41) is 0. The Kier molecular flexibility index (Phi) is 4.16. The minimum atomic E-state index is -3.50. The van der Waals surface area contributed by atoms with Crippen LogP contribution in [0, 0.1) is 6.92 Å². The van der Waals surface area contributed by atoms with Gasteiger partial charge < -0.3 is 0 Å². The molecule has 0 fully saturated rings. The SMILES string of the molecule is Cc1ncsc1CNS(=O)(=O)c1ccccc1Br. The first-order valence-electron chi connectivity index (χ1n) is 5.14. The van der Waals surface area contributed by atoms with E-state index in [1.54, 1.807) is 29.8 Å². The Balaban J connectivity index is 2.19. The number of benzene rings is 1. The minimum Gasteiger partial charge on any atom is -0.250 e. The van der Waals surface area contributed by atoms with Crippen molar-refractivity contribution in [2.75, 3.05) is 0 Å². The van der Waals surface area contributed by atoms with Crippen molar-refractivity contribution in [1.82, 2.24) is 9.71 Å². The Labute approximate surface area is 118 Å². The summed E-state index contributed by atoms with van der Waals surface area (Å²) in [5.74, 6) is 0. The Morgan fingerprint density at radius 2 is 2.11 bits per heavy atom. The summed E-state index contributed by atoms with van der Waals surface area (Å²) in [6.45, 7) is 2.12. The number of halogens is 1. The first-order valence-corrected chi connectivity index (χ1v) is 8.29. The largest absolute Gasteiger partial charge is 0.250 e. The van der Waals surface area contributed by atoms with Crippen molar-refractivity contribution in [2.24, 2.45) is 0 Å². The molecule has 0 aliphatic heterocycles. The third-order valence-electron chi connectivity index (χ3n) is 2.39. The number of rotatable bonds is 4. The molecule has 96 valence electrons. The van der Waals surface area contributed by atoms with Crippen LogP contribution in [0.5, 0.6) is 0 Å². The van der Waals surface area contributed by atoms with E-state index in [1.807, 2.05) is 6.92 Å². The van der Waals surface area contributed by atoms with E-state index in [0.717, 1.165) is 10.6 Å². The van der Waals surface area contributed by atoms with Crippen LogP contribution in [-0.4, -0.2) is 13.4 Å². The van der Waals surface area contributed by atoms with Gasteiger partial charge in [0.1, 0.15) is 0 Å². The van der Waals surface area contributed by atoms with Crippen molar-refractivity contribution in [3.63, 3.8) is 0 Å². The number of aryl methyl sites for hydroxylation is 1. The molecular weight excluding hydrogens is 336 g/mol. The third-order valence-corrected chi connectivity index (χ3v) is 5.74. The molecule has 0 aliphatic rings. The van der Waals surface area contributed by atoms with Gasteiger partial charge in [-0.25, -0.2) is 18.1 Å². The van der Waals surface area contributed by atoms with Gasteiger partial charge in [0.25, 0.3) is 0 Å². The zero-order valence-corrected chi connectivity index (χ0v) is 12.8. The van der Waals surface area contributed by atoms with Gasteiger partial charge in [-0.05, 0) is 35.0 Å². The van der Waals surface area contributed by atoms with Crippen LogP contribution in [0.25, 0.3) is 0 Å². The Morgan fingerprint density at radius 1 is 1.39 bits per heavy atom. The average molecular weight is 347 g/mol. The van der Waals surface area contributed by atoms with Gasteiger partial charge in [0.15, 0.2) is 0 Å². The van der Waals surface area contributed by atoms with Crippen LogP contribution in [0.4, 0.5) is 0 Å². The molecule has 1 aromatic heterocycles. The first kappa shape index (κ1) is 13.7. The molecule has 1 aromatic carbocycles. The highest BCUT2D eigenvalue weighted by atomic mass is 79.9. The lowest BCUT2D eigenvalue weighted by Gasteiger charge is -2.07. The van der Waals surface area contributed by atoms with Gasteiger partial charge in [0.05, 0.1) is 16.1 Å². The van der Waals surface area contributed by atoms with Crippen LogP contribution in [0.15, 0.2) is 39.1 Å². The second kappa shape index (κ2) is 5.48. The summed E-state index contributed by atoms with van der Waals surface area (Å²) in [5.41, 5.74) is 2.56. The van der Waals surface area contributed by atoms with E-state index in [0.29, 0.717) is 4.47 Å². The smallest absolute Gasteiger partial charge is 0.242 e. The molecule has 0 radical (unpaired) electrons. The van der Waals surface area contributed by atoms with Crippen LogP contribution in [0.1, 0.15) is 10.6 Å². The van der Waals surface area contributed by atoms with Crippen LogP contribution in [-0.2, 0) is 16.6 Å². The van der Waals surface area contributed by atoms with Crippen LogP contribution < -0.4 is 4.72 Å². The molecule has 0 bridgehead atoms. The molecule has 2 rings (SSSR count). The summed E-state index contributed by atoms with van der Waals surface area (Å²) in [6.07, 6.45) is 0. The first-order chi connectivity index (χ1) is 8.50. The lowest BCUT2D eigenvalue weighted by Crippen LogP contribution is -2.23. The molecule has 18 heavy (non-hydrogen) atoms. The molecule has 0 aliphatic carbocycles. The molecule has 1 N–H and O–H groups in total. The maximum atomic E-state index is 12.1. The molecule has 0 saturated carbocycles. The normalized spacial score (nSPS) is 11.7. The number of nitrogens with one attached hydrogen (secondary N) is 1. The molecule has 0 spiro atoms. The topological polar surface area (TPSA) is 59.1 Å². The number of thiazole rings is 1. The van der Waals surface area contributed by atoms with E-state index >= 15 is 0 Å². The molecule has 0 amide bonds. The predicted octanol–water partition coefficient (Wildman–Crippen LogP) is 2.69. The van der Waals surface area contributed by atoms with Crippen molar-refractivity contribution in [3.8, 4) is 0 Å². The minimum absolute atomic E-state index is 0.243. The molecule has 0 unspecified atom stereocenters. The molecule has 1 heterocycles. The van der Waals surface area contributed by atoms with Crippen molar-refractivity contribution in [1.29, 1.82) is 0 Å². The standard InChI is InChI=1S/C11H11BrN2O2S2/c1-8-10(17-7-13-8)6-14-18(15,16)11-5-3-2-4-9(11)12/h2-5,7,14H,6H2,1H3. The zero-order valence-electron chi connectivity index (χ0n) is 9.55. The summed E-state index contributed by atoms with van der Waals surface area (Å²) < 4.78 is 27.3. The van der Waals surface area contributed by atoms with Crippen LogP contribution >= 0.6 is 27.3 Å². The van der Waals surface area contributed by atoms with Crippen LogP contribution in [0.3, 0.4) is 0 Å². The highest BCUT2D eigenvalue weighted by Gasteiger charge is 2.17. The highest BCUT2D eigenvalue weighted by Crippen LogP contribution is 2.21. The monoisotopic (exact) mass is 346 g/mol. The third kappa shape index (κ3) is 2.97. The fourth-order valence-electron chi connectivity index (χ4n) is 1.40. The number of hydrogen-bond acceptors (Lipinski definition) is 4. The van der Waals surface area contributed by atoms with Gasteiger partial charge >= 0.3 is 0 Å². The van der Waals surface area contributed by atoms with Gasteiger partial charge in [0, 0.05) is 15.9 Å². The predicted molar refractivity (Wildman–Crippen MR) is 75.0 cm³/mol. The zero-order chi connectivity index (χ0) is 13.2. The average Bonchev–Trinajstić information content (AvgIpc) is 2.73. The molecule has 0 saturated heterocycles. The summed E-state index contributed by atoms with van der Waals surface area (Å²) in [7, 11) is -3.50. The van der Waals surface area contributed by atoms with Crippen LogP contribution in [0.2, 0.25) is 0 Å². The van der Waals surface area contributed by atoms with E-state index in [1.165, 1.54) is 11.3 Å². The van der Waals surface area contributed by atoms with Crippen molar-refractivity contribution >= 4 is 37.3 Å². The van der Waals surface area contributed by atoms with Crippen molar-refractivity contribution < 1.29 is 8.42 Å². The maximum Gasteiger partial charge on any atom is 0.242 e. The molecular formula is C11H11BrN2O2S2. The number of aromatic nitrogens is 1. The molecule has 2 aromatic rings. The fourth-order valence-corrected chi connectivity index (χ4v) is 4.20. The van der Waals surface area contributed by atoms with E-state index in [-0.39, 0.29) is 11.4 Å². The second-order valence-corrected chi connectivity index (χ2v) is 7.14. The van der Waals surface area contributed by atoms with Gasteiger partial charge in [-0.15, -0.1) is 11.3 Å². The Morgan fingerprint density at radius 3 is 2.72 bits per heavy atom. The molecule has 7 heteroatoms. The molecule has 0 atom stereocenters. The van der Waals surface area contributed by atoms with Gasteiger partial charge in [-0.2, -0.15) is 0 Å². The number of nitrogens with zero attached hydrogens (tertiary/aromatic N) is 1. The van der Waals surface area contributed by atoms with Gasteiger partial charge in [-0.3, -0.25) is 0 Å². The second-order valence-electron chi connectivity index (χ2n) is 3.62. The van der Waals surface area contributed by atoms with Crippen molar-refractivity contribution in [3.05, 3.63) is 44.8 Å². The Bertz CT molecular complexity index is 653. The molecule has 4 nitrogen and oxygen atoms in total. The van der Waals surface area contributed by atoms with E-state index < -0.39 is 10.0 Å². The lowest BCUT2D eigenvalue weighted by atomic mass is 10.4. The van der Waals surface area contributed by atoms with E-state index in [2.05, 4.69) is 25.6 Å². The van der Waals surface area contributed by atoms with Gasteiger partial charge in [0.2, 0.25) is 10.0 Å². The lowest BCUT2D eigenvalue weighted by molar-refractivity contribution is 0.581. The summed E-state index contributed by atoms with van der Waals surface area (Å²) >= 11 is 4.68. The maximum absolute atomic E-state index is 12.1. The Hall–Kier alpha value is -0.760. The summed E-state index contributed by atoms with van der Waals surface area (Å²) in [4.78, 5) is 5.25. The number of hydrogen-bond donors (Lipinski definition) is 1. The van der Waals surface area contributed by atoms with E-state index in [9.17, 15) is 8.42 Å². The van der Waals surface area contributed by atoms with Crippen molar-refractivity contribution in [2.45, 2.75) is 18.4 Å². The number of sulfonamides is 1. The fraction of sp³-hybridized carbons (Fsp3) is 0.182.